The van der Waals surface area contributed by atoms with E-state index in [1.807, 2.05) is 24.3 Å². The topological polar surface area (TPSA) is 54.8 Å². The third-order valence-electron chi connectivity index (χ3n) is 3.55. The Morgan fingerprint density at radius 2 is 2.24 bits per heavy atom. The molecular weight excluding hydrogens is 286 g/mol. The first-order valence-electron chi connectivity index (χ1n) is 6.73. The summed E-state index contributed by atoms with van der Waals surface area (Å²) >= 11 is 6.04. The maximum Gasteiger partial charge on any atom is 0.125 e. The molecule has 0 spiro atoms. The van der Waals surface area contributed by atoms with Crippen LogP contribution in [0.1, 0.15) is 30.1 Å². The van der Waals surface area contributed by atoms with E-state index in [1.165, 1.54) is 0 Å². The van der Waals surface area contributed by atoms with Gasteiger partial charge in [0.25, 0.3) is 0 Å². The highest BCUT2D eigenvalue weighted by atomic mass is 35.5. The van der Waals surface area contributed by atoms with Crippen molar-refractivity contribution < 1.29 is 4.42 Å². The molecule has 0 aliphatic rings. The first-order chi connectivity index (χ1) is 10.2. The molecule has 3 rings (SSSR count). The van der Waals surface area contributed by atoms with Crippen molar-refractivity contribution in [3.05, 3.63) is 53.7 Å². The summed E-state index contributed by atoms with van der Waals surface area (Å²) in [5.74, 6) is 2.00. The predicted octanol–water partition coefficient (Wildman–Crippen LogP) is 4.04. The predicted molar refractivity (Wildman–Crippen MR) is 81.1 cm³/mol. The molecule has 1 aromatic carbocycles. The van der Waals surface area contributed by atoms with E-state index in [0.717, 1.165) is 23.5 Å². The van der Waals surface area contributed by atoms with Crippen LogP contribution in [0.2, 0.25) is 0 Å². The van der Waals surface area contributed by atoms with Gasteiger partial charge in [0, 0.05) is 12.5 Å². The van der Waals surface area contributed by atoms with Crippen LogP contribution in [0.3, 0.4) is 0 Å². The fourth-order valence-corrected chi connectivity index (χ4v) is 2.84. The summed E-state index contributed by atoms with van der Waals surface area (Å²) in [5.41, 5.74) is 2.22. The number of nitriles is 1. The van der Waals surface area contributed by atoms with Crippen molar-refractivity contribution in [1.29, 1.82) is 5.26 Å². The minimum absolute atomic E-state index is 0.142. The Morgan fingerprint density at radius 3 is 2.90 bits per heavy atom. The Hall–Kier alpha value is -2.25. The van der Waals surface area contributed by atoms with E-state index in [4.69, 9.17) is 16.0 Å². The van der Waals surface area contributed by atoms with Gasteiger partial charge in [-0.1, -0.05) is 6.07 Å². The Labute approximate surface area is 127 Å². The molecule has 4 nitrogen and oxygen atoms in total. The van der Waals surface area contributed by atoms with Crippen LogP contribution in [0.5, 0.6) is 0 Å². The van der Waals surface area contributed by atoms with Gasteiger partial charge in [-0.15, -0.1) is 11.6 Å². The lowest BCUT2D eigenvalue weighted by molar-refractivity contribution is 0.449. The number of hydrogen-bond acceptors (Lipinski definition) is 3. The summed E-state index contributed by atoms with van der Waals surface area (Å²) in [5, 5.41) is 9.21. The zero-order valence-electron chi connectivity index (χ0n) is 11.6. The largest absolute Gasteiger partial charge is 0.469 e. The molecule has 3 aromatic rings. The van der Waals surface area contributed by atoms with Gasteiger partial charge in [-0.25, -0.2) is 4.98 Å². The van der Waals surface area contributed by atoms with Gasteiger partial charge in [0.1, 0.15) is 23.2 Å². The number of fused-ring (bicyclic) bond motifs is 1. The summed E-state index contributed by atoms with van der Waals surface area (Å²) in [4.78, 5) is 4.53. The Morgan fingerprint density at radius 1 is 1.38 bits per heavy atom. The fraction of sp³-hybridized carbons (Fsp3) is 0.250. The van der Waals surface area contributed by atoms with Gasteiger partial charge < -0.3 is 8.98 Å². The highest BCUT2D eigenvalue weighted by Gasteiger charge is 2.18. The maximum absolute atomic E-state index is 9.21. The lowest BCUT2D eigenvalue weighted by Gasteiger charge is -2.15. The van der Waals surface area contributed by atoms with E-state index < -0.39 is 0 Å². The number of hydrogen-bond donors (Lipinski definition) is 0. The van der Waals surface area contributed by atoms with Crippen molar-refractivity contribution in [2.45, 2.75) is 25.3 Å². The Balaban J connectivity index is 2.10. The van der Waals surface area contributed by atoms with Crippen molar-refractivity contribution in [3.8, 4) is 6.07 Å². The van der Waals surface area contributed by atoms with Gasteiger partial charge in [0.15, 0.2) is 0 Å². The van der Waals surface area contributed by atoms with Crippen LogP contribution in [0.25, 0.3) is 11.0 Å². The Kier molecular flexibility index (Phi) is 3.68. The van der Waals surface area contributed by atoms with Gasteiger partial charge in [0.2, 0.25) is 0 Å². The number of aromatic nitrogens is 2. The van der Waals surface area contributed by atoms with Gasteiger partial charge in [0.05, 0.1) is 23.2 Å². The van der Waals surface area contributed by atoms with E-state index in [-0.39, 0.29) is 6.04 Å². The first-order valence-corrected chi connectivity index (χ1v) is 7.26. The van der Waals surface area contributed by atoms with E-state index in [9.17, 15) is 5.26 Å². The molecule has 2 heterocycles. The van der Waals surface area contributed by atoms with Crippen molar-refractivity contribution in [2.24, 2.45) is 0 Å². The quantitative estimate of drug-likeness (QED) is 0.683. The second-order valence-corrected chi connectivity index (χ2v) is 5.22. The van der Waals surface area contributed by atoms with Crippen LogP contribution in [0, 0.1) is 11.3 Å². The third-order valence-corrected chi connectivity index (χ3v) is 3.79. The lowest BCUT2D eigenvalue weighted by Crippen LogP contribution is -2.10. The number of para-hydroxylation sites is 1. The van der Waals surface area contributed by atoms with Crippen LogP contribution in [-0.2, 0) is 12.3 Å². The van der Waals surface area contributed by atoms with Crippen molar-refractivity contribution >= 4 is 22.6 Å². The average Bonchev–Trinajstić information content (AvgIpc) is 3.12. The van der Waals surface area contributed by atoms with E-state index in [2.05, 4.69) is 22.5 Å². The zero-order valence-corrected chi connectivity index (χ0v) is 12.3. The molecule has 1 atom stereocenters. The summed E-state index contributed by atoms with van der Waals surface area (Å²) in [7, 11) is 0. The second-order valence-electron chi connectivity index (χ2n) is 4.95. The number of nitrogens with zero attached hydrogens (tertiary/aromatic N) is 3. The zero-order chi connectivity index (χ0) is 14.8. The van der Waals surface area contributed by atoms with Crippen molar-refractivity contribution in [1.82, 2.24) is 9.55 Å². The van der Waals surface area contributed by atoms with Crippen LogP contribution in [0.4, 0.5) is 0 Å². The van der Waals surface area contributed by atoms with Crippen molar-refractivity contribution in [3.63, 3.8) is 0 Å². The molecule has 0 amide bonds. The SMILES string of the molecule is CC(Cc1ccco1)n1c(CCl)nc2c(C#N)cccc21. The Bertz CT molecular complexity index is 799. The highest BCUT2D eigenvalue weighted by molar-refractivity contribution is 6.16. The fourth-order valence-electron chi connectivity index (χ4n) is 2.65. The second kappa shape index (κ2) is 5.63. The minimum Gasteiger partial charge on any atom is -0.469 e. The third kappa shape index (κ3) is 2.41. The average molecular weight is 300 g/mol. The maximum atomic E-state index is 9.21. The monoisotopic (exact) mass is 299 g/mol. The number of alkyl halides is 1. The van der Waals surface area contributed by atoms with Gasteiger partial charge in [-0.05, 0) is 31.2 Å². The molecule has 0 saturated carbocycles. The summed E-state index contributed by atoms with van der Waals surface area (Å²) < 4.78 is 7.50. The molecule has 0 radical (unpaired) electrons. The number of halogens is 1. The number of rotatable bonds is 4. The van der Waals surface area contributed by atoms with E-state index in [0.29, 0.717) is 17.0 Å². The molecule has 0 bridgehead atoms. The number of furan rings is 1. The van der Waals surface area contributed by atoms with Crippen LogP contribution < -0.4 is 0 Å². The van der Waals surface area contributed by atoms with Gasteiger partial charge >= 0.3 is 0 Å². The van der Waals surface area contributed by atoms with E-state index >= 15 is 0 Å². The number of benzene rings is 1. The standard InChI is InChI=1S/C16H14ClN3O/c1-11(8-13-5-3-7-21-13)20-14-6-2-4-12(10-18)16(14)19-15(20)9-17/h2-7,11H,8-9H2,1H3. The lowest BCUT2D eigenvalue weighted by atomic mass is 10.1. The molecular formula is C16H14ClN3O. The smallest absolute Gasteiger partial charge is 0.125 e. The summed E-state index contributed by atoms with van der Waals surface area (Å²) in [6.07, 6.45) is 2.42. The summed E-state index contributed by atoms with van der Waals surface area (Å²) in [6.45, 7) is 2.10. The van der Waals surface area contributed by atoms with Gasteiger partial charge in [-0.2, -0.15) is 5.26 Å². The van der Waals surface area contributed by atoms with Crippen LogP contribution >= 0.6 is 11.6 Å². The number of imidazole rings is 1. The molecule has 2 aromatic heterocycles. The highest BCUT2D eigenvalue weighted by Crippen LogP contribution is 2.26. The van der Waals surface area contributed by atoms with Crippen molar-refractivity contribution in [2.75, 3.05) is 0 Å². The van der Waals surface area contributed by atoms with Gasteiger partial charge in [-0.3, -0.25) is 0 Å². The van der Waals surface area contributed by atoms with Crippen LogP contribution in [-0.4, -0.2) is 9.55 Å². The summed E-state index contributed by atoms with van der Waals surface area (Å²) in [6, 6.07) is 11.8. The molecule has 0 N–H and O–H groups in total. The molecule has 0 saturated heterocycles. The molecule has 5 heteroatoms. The molecule has 106 valence electrons. The molecule has 21 heavy (non-hydrogen) atoms. The first kappa shape index (κ1) is 13.7. The van der Waals surface area contributed by atoms with Crippen LogP contribution in [0.15, 0.2) is 41.0 Å². The van der Waals surface area contributed by atoms with E-state index in [1.54, 1.807) is 12.3 Å². The minimum atomic E-state index is 0.142. The normalized spacial score (nSPS) is 12.4. The molecule has 0 aliphatic carbocycles. The molecule has 0 fully saturated rings. The molecule has 1 unspecified atom stereocenters. The molecule has 0 aliphatic heterocycles.